The highest BCUT2D eigenvalue weighted by Crippen LogP contribution is 2.56. The normalized spacial score (nSPS) is 14.2. The van der Waals surface area contributed by atoms with Crippen molar-refractivity contribution < 1.29 is 0 Å². The zero-order chi connectivity index (χ0) is 22.3. The molecule has 0 spiro atoms. The molecular weight excluding hydrogens is 378 g/mol. The smallest absolute Gasteiger partial charge is 0.0845 e. The van der Waals surface area contributed by atoms with Gasteiger partial charge in [0.05, 0.1) is 17.1 Å². The van der Waals surface area contributed by atoms with Gasteiger partial charge in [0.15, 0.2) is 0 Å². The van der Waals surface area contributed by atoms with Gasteiger partial charge in [-0.05, 0) is 61.1 Å². The second-order valence-electron chi connectivity index (χ2n) is 8.94. The van der Waals surface area contributed by atoms with Gasteiger partial charge in [0.1, 0.15) is 0 Å². The first-order valence-corrected chi connectivity index (χ1v) is 11.7. The molecule has 2 aromatic rings. The van der Waals surface area contributed by atoms with Crippen LogP contribution in [0.4, 0.5) is 17.1 Å². The fraction of sp³-hybridized carbons (Fsp3) is 0.429. The van der Waals surface area contributed by atoms with E-state index in [9.17, 15) is 0 Å². The van der Waals surface area contributed by atoms with Crippen LogP contribution in [0, 0.1) is 6.92 Å². The van der Waals surface area contributed by atoms with E-state index in [4.69, 9.17) is 0 Å². The molecule has 0 aromatic heterocycles. The highest BCUT2D eigenvalue weighted by molar-refractivity contribution is 6.00. The first-order valence-electron chi connectivity index (χ1n) is 11.7. The zero-order valence-electron chi connectivity index (χ0n) is 20.3. The Kier molecular flexibility index (Phi) is 5.88. The first-order chi connectivity index (χ1) is 14.9. The van der Waals surface area contributed by atoms with Crippen molar-refractivity contribution in [1.82, 2.24) is 0 Å². The lowest BCUT2D eigenvalue weighted by Gasteiger charge is -2.37. The van der Waals surface area contributed by atoms with E-state index < -0.39 is 0 Å². The molecule has 0 bridgehead atoms. The minimum atomic E-state index is 0.313. The number of anilines is 3. The van der Waals surface area contributed by atoms with Crippen molar-refractivity contribution in [1.29, 1.82) is 0 Å². The Labute approximate surface area is 188 Å². The largest absolute Gasteiger partial charge is 0.373 e. The topological polar surface area (TPSA) is 9.72 Å². The monoisotopic (exact) mass is 415 g/mol. The van der Waals surface area contributed by atoms with Crippen LogP contribution in [-0.2, 0) is 6.42 Å². The number of aryl methyl sites for hydroxylation is 1. The maximum Gasteiger partial charge on any atom is 0.0845 e. The van der Waals surface area contributed by atoms with E-state index in [-0.39, 0.29) is 0 Å². The van der Waals surface area contributed by atoms with E-state index in [0.29, 0.717) is 5.92 Å². The molecule has 0 aliphatic heterocycles. The van der Waals surface area contributed by atoms with Gasteiger partial charge < -0.3 is 14.7 Å². The van der Waals surface area contributed by atoms with Crippen LogP contribution in [0.1, 0.15) is 48.9 Å². The highest BCUT2D eigenvalue weighted by atomic mass is 15.2. The minimum absolute atomic E-state index is 0.313. The molecule has 0 unspecified atom stereocenters. The SMILES string of the molecule is CCN(C)c1c2c(c(C3C=CC=C3)c(N(C)CC)c1N(C)CC)-c1c(C)cccc1C2. The molecule has 2 aliphatic rings. The second kappa shape index (κ2) is 8.45. The molecular formula is C28H37N3. The molecule has 0 amide bonds. The molecule has 0 fully saturated rings. The Morgan fingerprint density at radius 3 is 1.97 bits per heavy atom. The Morgan fingerprint density at radius 1 is 0.774 bits per heavy atom. The summed E-state index contributed by atoms with van der Waals surface area (Å²) >= 11 is 0. The van der Waals surface area contributed by atoms with Crippen LogP contribution in [0.2, 0.25) is 0 Å². The zero-order valence-corrected chi connectivity index (χ0v) is 20.3. The molecule has 0 heterocycles. The van der Waals surface area contributed by atoms with Crippen LogP contribution in [0.25, 0.3) is 11.1 Å². The third-order valence-electron chi connectivity index (χ3n) is 7.19. The standard InChI is InChI=1S/C28H37N3/c1-8-29(5)26-22-18-21-17-13-14-19(4)23(21)25(22)24(20-15-11-12-16-20)27(30(6)9-2)28(26)31(7)10-3/h11-17,20H,8-10,18H2,1-7H3. The summed E-state index contributed by atoms with van der Waals surface area (Å²) in [5.41, 5.74) is 12.9. The molecule has 2 aliphatic carbocycles. The first kappa shape index (κ1) is 21.5. The van der Waals surface area contributed by atoms with Gasteiger partial charge in [-0.15, -0.1) is 0 Å². The number of nitrogens with zero attached hydrogens (tertiary/aromatic N) is 3. The van der Waals surface area contributed by atoms with E-state index in [2.05, 4.69) is 106 Å². The molecule has 164 valence electrons. The molecule has 3 nitrogen and oxygen atoms in total. The van der Waals surface area contributed by atoms with Crippen LogP contribution in [-0.4, -0.2) is 40.8 Å². The van der Waals surface area contributed by atoms with Crippen molar-refractivity contribution >= 4 is 17.1 Å². The Morgan fingerprint density at radius 2 is 1.35 bits per heavy atom. The van der Waals surface area contributed by atoms with Crippen molar-refractivity contribution in [3.63, 3.8) is 0 Å². The summed E-state index contributed by atoms with van der Waals surface area (Å²) in [6.45, 7) is 12.0. The lowest BCUT2D eigenvalue weighted by molar-refractivity contribution is 0.891. The van der Waals surface area contributed by atoms with E-state index >= 15 is 0 Å². The van der Waals surface area contributed by atoms with Crippen molar-refractivity contribution in [3.05, 3.63) is 64.8 Å². The fourth-order valence-corrected chi connectivity index (χ4v) is 5.25. The average molecular weight is 416 g/mol. The van der Waals surface area contributed by atoms with E-state index in [0.717, 1.165) is 26.1 Å². The number of allylic oxidation sites excluding steroid dienone is 4. The van der Waals surface area contributed by atoms with Gasteiger partial charge in [-0.1, -0.05) is 42.5 Å². The van der Waals surface area contributed by atoms with E-state index in [1.807, 2.05) is 0 Å². The summed E-state index contributed by atoms with van der Waals surface area (Å²) in [5.74, 6) is 0.313. The Bertz CT molecular complexity index is 1030. The van der Waals surface area contributed by atoms with Crippen LogP contribution in [0.5, 0.6) is 0 Å². The Balaban J connectivity index is 2.21. The fourth-order valence-electron chi connectivity index (χ4n) is 5.25. The van der Waals surface area contributed by atoms with E-state index in [1.165, 1.54) is 50.4 Å². The van der Waals surface area contributed by atoms with Crippen molar-refractivity contribution in [2.45, 2.75) is 40.0 Å². The summed E-state index contributed by atoms with van der Waals surface area (Å²) in [6, 6.07) is 6.82. The van der Waals surface area contributed by atoms with Crippen LogP contribution in [0.3, 0.4) is 0 Å². The number of rotatable bonds is 7. The quantitative estimate of drug-likeness (QED) is 0.459. The molecule has 0 radical (unpaired) electrons. The Hall–Kier alpha value is -2.68. The second-order valence-corrected chi connectivity index (χ2v) is 8.94. The lowest BCUT2D eigenvalue weighted by atomic mass is 9.85. The number of benzene rings is 2. The predicted molar refractivity (Wildman–Crippen MR) is 137 cm³/mol. The predicted octanol–water partition coefficient (Wildman–Crippen LogP) is 6.14. The van der Waals surface area contributed by atoms with Gasteiger partial charge in [-0.3, -0.25) is 0 Å². The molecule has 31 heavy (non-hydrogen) atoms. The maximum absolute atomic E-state index is 2.46. The van der Waals surface area contributed by atoms with Crippen LogP contribution >= 0.6 is 0 Å². The van der Waals surface area contributed by atoms with Crippen molar-refractivity contribution in [2.75, 3.05) is 55.5 Å². The summed E-state index contributed by atoms with van der Waals surface area (Å²) in [6.07, 6.45) is 10.1. The summed E-state index contributed by atoms with van der Waals surface area (Å²) < 4.78 is 0. The summed E-state index contributed by atoms with van der Waals surface area (Å²) in [7, 11) is 6.76. The van der Waals surface area contributed by atoms with Gasteiger partial charge in [0, 0.05) is 53.1 Å². The number of hydrogen-bond acceptors (Lipinski definition) is 3. The molecule has 0 N–H and O–H groups in total. The summed E-state index contributed by atoms with van der Waals surface area (Å²) in [4.78, 5) is 7.37. The molecule has 0 saturated carbocycles. The highest BCUT2D eigenvalue weighted by Gasteiger charge is 2.35. The van der Waals surface area contributed by atoms with Crippen molar-refractivity contribution in [3.8, 4) is 11.1 Å². The van der Waals surface area contributed by atoms with Crippen LogP contribution < -0.4 is 14.7 Å². The number of hydrogen-bond donors (Lipinski definition) is 0. The summed E-state index contributed by atoms with van der Waals surface area (Å²) in [5, 5.41) is 0. The molecule has 2 aromatic carbocycles. The van der Waals surface area contributed by atoms with Gasteiger partial charge in [0.2, 0.25) is 0 Å². The molecule has 0 saturated heterocycles. The van der Waals surface area contributed by atoms with Gasteiger partial charge in [-0.25, -0.2) is 0 Å². The molecule has 4 rings (SSSR count). The van der Waals surface area contributed by atoms with E-state index in [1.54, 1.807) is 0 Å². The molecule has 3 heteroatoms. The van der Waals surface area contributed by atoms with Crippen LogP contribution in [0.15, 0.2) is 42.5 Å². The average Bonchev–Trinajstić information content (AvgIpc) is 3.44. The number of fused-ring (bicyclic) bond motifs is 3. The third kappa shape index (κ3) is 3.35. The van der Waals surface area contributed by atoms with Gasteiger partial charge >= 0.3 is 0 Å². The van der Waals surface area contributed by atoms with Gasteiger partial charge in [0.25, 0.3) is 0 Å². The minimum Gasteiger partial charge on any atom is -0.373 e. The maximum atomic E-state index is 2.46. The van der Waals surface area contributed by atoms with Gasteiger partial charge in [-0.2, -0.15) is 0 Å². The third-order valence-corrected chi connectivity index (χ3v) is 7.19. The van der Waals surface area contributed by atoms with Crippen molar-refractivity contribution in [2.24, 2.45) is 0 Å². The lowest BCUT2D eigenvalue weighted by Crippen LogP contribution is -2.29. The molecule has 0 atom stereocenters.